The normalized spacial score (nSPS) is 15.9. The SMILES string of the molecule is CCOC(=O)C1=C(C)N=c2s/c(=C/c3cc(Br)c(I)o3)c(=O)n2[C@H]1c1ccc(N(C)C)cc1. The zero-order valence-corrected chi connectivity index (χ0v) is 22.9. The molecule has 2 aromatic heterocycles. The van der Waals surface area contributed by atoms with Gasteiger partial charge in [0.2, 0.25) is 0 Å². The van der Waals surface area contributed by atoms with Crippen LogP contribution in [0.4, 0.5) is 5.69 Å². The van der Waals surface area contributed by atoms with Crippen LogP contribution in [0.25, 0.3) is 6.08 Å². The van der Waals surface area contributed by atoms with Crippen LogP contribution in [-0.2, 0) is 9.53 Å². The number of carbonyl (C=O) groups excluding carboxylic acids is 1. The minimum Gasteiger partial charge on any atom is -0.463 e. The van der Waals surface area contributed by atoms with Gasteiger partial charge < -0.3 is 14.1 Å². The van der Waals surface area contributed by atoms with Crippen molar-refractivity contribution < 1.29 is 13.9 Å². The van der Waals surface area contributed by atoms with Crippen LogP contribution in [0.2, 0.25) is 0 Å². The Kier molecular flexibility index (Phi) is 6.96. The molecule has 0 fully saturated rings. The van der Waals surface area contributed by atoms with Crippen molar-refractivity contribution in [3.05, 3.63) is 80.9 Å². The molecule has 0 saturated heterocycles. The van der Waals surface area contributed by atoms with E-state index in [4.69, 9.17) is 9.15 Å². The predicted molar refractivity (Wildman–Crippen MR) is 140 cm³/mol. The number of fused-ring (bicyclic) bond motifs is 1. The van der Waals surface area contributed by atoms with Gasteiger partial charge in [0.15, 0.2) is 8.57 Å². The molecule has 0 N–H and O–H groups in total. The van der Waals surface area contributed by atoms with Crippen molar-refractivity contribution in [3.63, 3.8) is 0 Å². The molecule has 7 nitrogen and oxygen atoms in total. The highest BCUT2D eigenvalue weighted by atomic mass is 127. The molecule has 3 heterocycles. The summed E-state index contributed by atoms with van der Waals surface area (Å²) in [6, 6.07) is 8.97. The summed E-state index contributed by atoms with van der Waals surface area (Å²) in [5, 5.41) is 0. The fourth-order valence-corrected chi connectivity index (χ4v) is 5.37. The molecule has 10 heteroatoms. The van der Waals surface area contributed by atoms with Gasteiger partial charge in [-0.25, -0.2) is 9.79 Å². The van der Waals surface area contributed by atoms with Gasteiger partial charge >= 0.3 is 5.97 Å². The molecule has 1 atom stereocenters. The van der Waals surface area contributed by atoms with Gasteiger partial charge in [-0.3, -0.25) is 9.36 Å². The lowest BCUT2D eigenvalue weighted by Gasteiger charge is -2.25. The number of rotatable bonds is 5. The van der Waals surface area contributed by atoms with E-state index in [1.807, 2.05) is 49.3 Å². The molecule has 33 heavy (non-hydrogen) atoms. The molecule has 172 valence electrons. The van der Waals surface area contributed by atoms with Crippen LogP contribution in [-0.4, -0.2) is 31.2 Å². The van der Waals surface area contributed by atoms with E-state index < -0.39 is 12.0 Å². The van der Waals surface area contributed by atoms with E-state index in [2.05, 4.69) is 43.5 Å². The maximum Gasteiger partial charge on any atom is 0.338 e. The fourth-order valence-electron chi connectivity index (χ4n) is 3.63. The monoisotopic (exact) mass is 641 g/mol. The molecule has 0 bridgehead atoms. The summed E-state index contributed by atoms with van der Waals surface area (Å²) in [4.78, 5) is 33.6. The molecule has 0 spiro atoms. The number of hydrogen-bond donors (Lipinski definition) is 0. The van der Waals surface area contributed by atoms with E-state index in [1.54, 1.807) is 24.5 Å². The summed E-state index contributed by atoms with van der Waals surface area (Å²) < 4.78 is 14.6. The van der Waals surface area contributed by atoms with Crippen molar-refractivity contribution in [2.24, 2.45) is 4.99 Å². The van der Waals surface area contributed by atoms with Crippen molar-refractivity contribution in [3.8, 4) is 0 Å². The molecule has 0 amide bonds. The lowest BCUT2D eigenvalue weighted by atomic mass is 9.95. The number of allylic oxidation sites excluding steroid dienone is 1. The Bertz CT molecular complexity index is 1410. The number of benzene rings is 1. The molecule has 0 radical (unpaired) electrons. The fraction of sp³-hybridized carbons (Fsp3) is 0.261. The van der Waals surface area contributed by atoms with Crippen molar-refractivity contribution in [2.75, 3.05) is 25.6 Å². The second kappa shape index (κ2) is 9.59. The number of carbonyl (C=O) groups is 1. The molecular formula is C23H21BrIN3O4S. The number of ether oxygens (including phenoxy) is 1. The first-order chi connectivity index (χ1) is 15.7. The van der Waals surface area contributed by atoms with Gasteiger partial charge in [0.1, 0.15) is 5.76 Å². The Morgan fingerprint density at radius 1 is 1.36 bits per heavy atom. The standard InChI is InChI=1S/C23H21BrIN3O4S/c1-5-31-22(30)18-12(2)26-23-28(19(18)13-6-8-14(9-7-13)27(3)4)21(29)17(33-23)11-15-10-16(24)20(25)32-15/h6-11,19H,5H2,1-4H3/b17-11+/t19-/m0/s1. The third-order valence-electron chi connectivity index (χ3n) is 5.18. The maximum absolute atomic E-state index is 13.5. The zero-order chi connectivity index (χ0) is 23.9. The number of nitrogens with zero attached hydrogens (tertiary/aromatic N) is 3. The van der Waals surface area contributed by atoms with E-state index in [0.717, 1.165) is 15.7 Å². The molecule has 1 aromatic carbocycles. The highest BCUT2D eigenvalue weighted by molar-refractivity contribution is 14.1. The third-order valence-corrected chi connectivity index (χ3v) is 8.29. The summed E-state index contributed by atoms with van der Waals surface area (Å²) in [5.41, 5.74) is 2.49. The predicted octanol–water partition coefficient (Wildman–Crippen LogP) is 3.82. The van der Waals surface area contributed by atoms with Crippen molar-refractivity contribution in [1.29, 1.82) is 0 Å². The number of thiazole rings is 1. The van der Waals surface area contributed by atoms with E-state index >= 15 is 0 Å². The average molecular weight is 642 g/mol. The van der Waals surface area contributed by atoms with E-state index in [0.29, 0.717) is 30.1 Å². The van der Waals surface area contributed by atoms with Crippen LogP contribution in [0.3, 0.4) is 0 Å². The van der Waals surface area contributed by atoms with Gasteiger partial charge in [0, 0.05) is 48.4 Å². The van der Waals surface area contributed by atoms with Crippen molar-refractivity contribution >= 4 is 67.6 Å². The second-order valence-electron chi connectivity index (χ2n) is 7.56. The van der Waals surface area contributed by atoms with Crippen LogP contribution in [0, 0.1) is 3.77 Å². The van der Waals surface area contributed by atoms with E-state index in [-0.39, 0.29) is 12.2 Å². The Labute approximate surface area is 216 Å². The highest BCUT2D eigenvalue weighted by Gasteiger charge is 2.33. The van der Waals surface area contributed by atoms with Gasteiger partial charge in [0.05, 0.1) is 32.9 Å². The number of halogens is 2. The first-order valence-electron chi connectivity index (χ1n) is 10.1. The van der Waals surface area contributed by atoms with Crippen LogP contribution < -0.4 is 19.8 Å². The summed E-state index contributed by atoms with van der Waals surface area (Å²) >= 11 is 6.77. The quantitative estimate of drug-likeness (QED) is 0.313. The van der Waals surface area contributed by atoms with E-state index in [1.165, 1.54) is 11.3 Å². The maximum atomic E-state index is 13.5. The van der Waals surface area contributed by atoms with Gasteiger partial charge in [-0.2, -0.15) is 0 Å². The van der Waals surface area contributed by atoms with Crippen LogP contribution in [0.15, 0.2) is 60.3 Å². The molecule has 4 rings (SSSR count). The Balaban J connectivity index is 1.93. The van der Waals surface area contributed by atoms with E-state index in [9.17, 15) is 9.59 Å². The lowest BCUT2D eigenvalue weighted by Crippen LogP contribution is -2.39. The van der Waals surface area contributed by atoms with Gasteiger partial charge in [-0.15, -0.1) is 0 Å². The van der Waals surface area contributed by atoms with Crippen LogP contribution in [0.5, 0.6) is 0 Å². The van der Waals surface area contributed by atoms with Gasteiger partial charge in [-0.1, -0.05) is 23.5 Å². The molecule has 3 aromatic rings. The van der Waals surface area contributed by atoms with Crippen molar-refractivity contribution in [2.45, 2.75) is 19.9 Å². The number of hydrogen-bond acceptors (Lipinski definition) is 7. The third kappa shape index (κ3) is 4.60. The Morgan fingerprint density at radius 3 is 2.64 bits per heavy atom. The minimum absolute atomic E-state index is 0.234. The molecule has 0 unspecified atom stereocenters. The van der Waals surface area contributed by atoms with Crippen molar-refractivity contribution in [1.82, 2.24) is 4.57 Å². The summed E-state index contributed by atoms with van der Waals surface area (Å²) in [6.45, 7) is 3.77. The number of furan rings is 1. The first-order valence-corrected chi connectivity index (χ1v) is 12.8. The van der Waals surface area contributed by atoms with Gasteiger partial charge in [-0.05, 0) is 53.5 Å². The Hall–Kier alpha value is -2.18. The zero-order valence-electron chi connectivity index (χ0n) is 18.4. The second-order valence-corrected chi connectivity index (χ2v) is 10.4. The molecule has 1 aliphatic heterocycles. The van der Waals surface area contributed by atoms with Crippen LogP contribution >= 0.6 is 49.9 Å². The average Bonchev–Trinajstić information content (AvgIpc) is 3.25. The number of anilines is 1. The molecule has 0 saturated carbocycles. The van der Waals surface area contributed by atoms with Gasteiger partial charge in [0.25, 0.3) is 5.56 Å². The number of esters is 1. The summed E-state index contributed by atoms with van der Waals surface area (Å²) in [6.07, 6.45) is 1.70. The smallest absolute Gasteiger partial charge is 0.338 e. The summed E-state index contributed by atoms with van der Waals surface area (Å²) in [7, 11) is 3.92. The minimum atomic E-state index is -0.637. The number of aromatic nitrogens is 1. The lowest BCUT2D eigenvalue weighted by molar-refractivity contribution is -0.139. The highest BCUT2D eigenvalue weighted by Crippen LogP contribution is 2.31. The van der Waals surface area contributed by atoms with Crippen LogP contribution in [0.1, 0.15) is 31.2 Å². The Morgan fingerprint density at radius 2 is 2.06 bits per heavy atom. The molecular weight excluding hydrogens is 621 g/mol. The topological polar surface area (TPSA) is 77.0 Å². The molecule has 1 aliphatic rings. The largest absolute Gasteiger partial charge is 0.463 e. The summed E-state index contributed by atoms with van der Waals surface area (Å²) in [5.74, 6) is 0.0870. The molecule has 0 aliphatic carbocycles. The first kappa shape index (κ1) is 24.0.